The highest BCUT2D eigenvalue weighted by Crippen LogP contribution is 2.26. The number of hydrogen-bond donors (Lipinski definition) is 0. The number of carbonyl (C=O) groups is 1. The minimum Gasteiger partial charge on any atom is -0.298 e. The van der Waals surface area contributed by atoms with Crippen LogP contribution in [-0.2, 0) is 4.79 Å². The van der Waals surface area contributed by atoms with E-state index in [2.05, 4.69) is 4.98 Å². The van der Waals surface area contributed by atoms with Crippen molar-refractivity contribution in [2.75, 3.05) is 0 Å². The summed E-state index contributed by atoms with van der Waals surface area (Å²) in [6.45, 7) is 0. The minimum atomic E-state index is 0.424. The van der Waals surface area contributed by atoms with E-state index in [0.29, 0.717) is 15.6 Å². The van der Waals surface area contributed by atoms with E-state index in [0.717, 1.165) is 17.4 Å². The number of halogens is 2. The van der Waals surface area contributed by atoms with E-state index in [1.165, 1.54) is 0 Å². The third kappa shape index (κ3) is 2.97. The lowest BCUT2D eigenvalue weighted by Crippen LogP contribution is -1.87. The molecule has 4 heteroatoms. The third-order valence-electron chi connectivity index (χ3n) is 2.39. The summed E-state index contributed by atoms with van der Waals surface area (Å²) in [6.07, 6.45) is 5.89. The van der Waals surface area contributed by atoms with Crippen molar-refractivity contribution in [3.63, 3.8) is 0 Å². The summed E-state index contributed by atoms with van der Waals surface area (Å²) in [7, 11) is 0. The van der Waals surface area contributed by atoms with Gasteiger partial charge in [-0.15, -0.1) is 0 Å². The number of benzene rings is 1. The first-order valence-electron chi connectivity index (χ1n) is 5.23. The van der Waals surface area contributed by atoms with Crippen LogP contribution in [0.15, 0.2) is 42.7 Å². The van der Waals surface area contributed by atoms with Gasteiger partial charge in [-0.1, -0.05) is 35.3 Å². The van der Waals surface area contributed by atoms with Crippen LogP contribution in [0.25, 0.3) is 11.6 Å². The van der Waals surface area contributed by atoms with Gasteiger partial charge in [0.1, 0.15) is 0 Å². The maximum absolute atomic E-state index is 11.1. The van der Waals surface area contributed by atoms with E-state index < -0.39 is 0 Å². The molecule has 0 N–H and O–H groups in total. The van der Waals surface area contributed by atoms with Gasteiger partial charge in [-0.05, 0) is 35.4 Å². The second kappa shape index (κ2) is 5.80. The lowest BCUT2D eigenvalue weighted by atomic mass is 10.0. The van der Waals surface area contributed by atoms with Crippen LogP contribution in [0.4, 0.5) is 0 Å². The molecule has 0 saturated carbocycles. The number of carbonyl (C=O) groups excluding carboxylic acids is 1. The molecule has 0 unspecified atom stereocenters. The molecule has 0 aliphatic heterocycles. The Labute approximate surface area is 115 Å². The highest BCUT2D eigenvalue weighted by atomic mass is 35.5. The first-order chi connectivity index (χ1) is 8.70. The summed E-state index contributed by atoms with van der Waals surface area (Å²) in [6, 6.07) is 8.77. The van der Waals surface area contributed by atoms with Gasteiger partial charge < -0.3 is 0 Å². The fraction of sp³-hybridized carbons (Fsp3) is 0. The van der Waals surface area contributed by atoms with E-state index in [-0.39, 0.29) is 0 Å². The monoisotopic (exact) mass is 277 g/mol. The SMILES string of the molecule is O=C/C(=C\c1cccnc1)c1ccc(Cl)c(Cl)c1. The van der Waals surface area contributed by atoms with Crippen molar-refractivity contribution >= 4 is 41.1 Å². The highest BCUT2D eigenvalue weighted by molar-refractivity contribution is 6.42. The lowest BCUT2D eigenvalue weighted by molar-refractivity contribution is -0.103. The Bertz CT molecular complexity index is 594. The van der Waals surface area contributed by atoms with Crippen molar-refractivity contribution in [2.24, 2.45) is 0 Å². The van der Waals surface area contributed by atoms with Gasteiger partial charge in [-0.3, -0.25) is 9.78 Å². The summed E-state index contributed by atoms with van der Waals surface area (Å²) < 4.78 is 0. The predicted molar refractivity (Wildman–Crippen MR) is 74.6 cm³/mol. The second-order valence-corrected chi connectivity index (χ2v) is 4.45. The fourth-order valence-electron chi connectivity index (χ4n) is 1.50. The van der Waals surface area contributed by atoms with Crippen molar-refractivity contribution < 1.29 is 4.79 Å². The van der Waals surface area contributed by atoms with Crippen LogP contribution in [-0.4, -0.2) is 11.3 Å². The number of nitrogens with zero attached hydrogens (tertiary/aromatic N) is 1. The van der Waals surface area contributed by atoms with Crippen LogP contribution in [0.1, 0.15) is 11.1 Å². The summed E-state index contributed by atoms with van der Waals surface area (Å²) in [5, 5.41) is 0.889. The first-order valence-corrected chi connectivity index (χ1v) is 5.98. The van der Waals surface area contributed by atoms with E-state index >= 15 is 0 Å². The molecule has 1 aromatic heterocycles. The van der Waals surface area contributed by atoms with Gasteiger partial charge in [0.25, 0.3) is 0 Å². The first kappa shape index (κ1) is 12.8. The number of allylic oxidation sites excluding steroid dienone is 1. The molecule has 0 fully saturated rings. The average Bonchev–Trinajstić information content (AvgIpc) is 2.40. The Kier molecular flexibility index (Phi) is 4.13. The zero-order valence-corrected chi connectivity index (χ0v) is 10.8. The zero-order valence-electron chi connectivity index (χ0n) is 9.31. The van der Waals surface area contributed by atoms with E-state index in [9.17, 15) is 4.79 Å². The molecule has 90 valence electrons. The van der Waals surface area contributed by atoms with Crippen molar-refractivity contribution in [3.05, 3.63) is 63.9 Å². The van der Waals surface area contributed by atoms with Crippen molar-refractivity contribution in [1.82, 2.24) is 4.98 Å². The summed E-state index contributed by atoms with van der Waals surface area (Å²) in [5.41, 5.74) is 2.11. The van der Waals surface area contributed by atoms with Crippen LogP contribution in [0.5, 0.6) is 0 Å². The van der Waals surface area contributed by atoms with Crippen LogP contribution in [0.3, 0.4) is 0 Å². The van der Waals surface area contributed by atoms with Crippen LogP contribution in [0, 0.1) is 0 Å². The Morgan fingerprint density at radius 1 is 1.17 bits per heavy atom. The Balaban J connectivity index is 2.42. The molecule has 18 heavy (non-hydrogen) atoms. The quantitative estimate of drug-likeness (QED) is 0.624. The summed E-state index contributed by atoms with van der Waals surface area (Å²) in [4.78, 5) is 15.1. The van der Waals surface area contributed by atoms with Crippen LogP contribution >= 0.6 is 23.2 Å². The van der Waals surface area contributed by atoms with Gasteiger partial charge in [-0.25, -0.2) is 0 Å². The number of aromatic nitrogens is 1. The smallest absolute Gasteiger partial charge is 0.150 e. The van der Waals surface area contributed by atoms with Gasteiger partial charge in [-0.2, -0.15) is 0 Å². The molecule has 0 bridgehead atoms. The van der Waals surface area contributed by atoms with Gasteiger partial charge >= 0.3 is 0 Å². The Morgan fingerprint density at radius 2 is 2.00 bits per heavy atom. The van der Waals surface area contributed by atoms with Gasteiger partial charge in [0.2, 0.25) is 0 Å². The van der Waals surface area contributed by atoms with Crippen molar-refractivity contribution in [2.45, 2.75) is 0 Å². The Hall–Kier alpha value is -1.64. The Morgan fingerprint density at radius 3 is 2.61 bits per heavy atom. The molecule has 0 aliphatic carbocycles. The molecule has 2 rings (SSSR count). The number of pyridine rings is 1. The van der Waals surface area contributed by atoms with Gasteiger partial charge in [0, 0.05) is 18.0 Å². The molecule has 0 spiro atoms. The zero-order chi connectivity index (χ0) is 13.0. The molecular formula is C14H9Cl2NO. The molecule has 0 radical (unpaired) electrons. The molecule has 2 aromatic rings. The molecule has 1 aromatic carbocycles. The summed E-state index contributed by atoms with van der Waals surface area (Å²) >= 11 is 11.8. The highest BCUT2D eigenvalue weighted by Gasteiger charge is 2.04. The maximum Gasteiger partial charge on any atom is 0.150 e. The van der Waals surface area contributed by atoms with E-state index in [1.807, 2.05) is 12.1 Å². The molecule has 1 heterocycles. The maximum atomic E-state index is 11.1. The molecule has 0 amide bonds. The molecule has 0 aliphatic rings. The minimum absolute atomic E-state index is 0.424. The van der Waals surface area contributed by atoms with E-state index in [4.69, 9.17) is 23.2 Å². The van der Waals surface area contributed by atoms with Crippen LogP contribution < -0.4 is 0 Å². The number of hydrogen-bond acceptors (Lipinski definition) is 2. The molecular weight excluding hydrogens is 269 g/mol. The van der Waals surface area contributed by atoms with Crippen molar-refractivity contribution in [3.8, 4) is 0 Å². The normalized spacial score (nSPS) is 11.3. The number of aldehydes is 1. The van der Waals surface area contributed by atoms with Crippen LogP contribution in [0.2, 0.25) is 10.0 Å². The van der Waals surface area contributed by atoms with Gasteiger partial charge in [0.15, 0.2) is 6.29 Å². The standard InChI is InChI=1S/C14H9Cl2NO/c15-13-4-3-11(7-14(13)16)12(9-18)6-10-2-1-5-17-8-10/h1-9H/b12-6+. The van der Waals surface area contributed by atoms with Gasteiger partial charge in [0.05, 0.1) is 10.0 Å². The predicted octanol–water partition coefficient (Wildman–Crippen LogP) is 4.13. The second-order valence-electron chi connectivity index (χ2n) is 3.63. The topological polar surface area (TPSA) is 30.0 Å². The fourth-order valence-corrected chi connectivity index (χ4v) is 1.80. The van der Waals surface area contributed by atoms with Crippen molar-refractivity contribution in [1.29, 1.82) is 0 Å². The van der Waals surface area contributed by atoms with E-state index in [1.54, 1.807) is 36.7 Å². The third-order valence-corrected chi connectivity index (χ3v) is 3.13. The molecule has 0 saturated heterocycles. The molecule has 0 atom stereocenters. The summed E-state index contributed by atoms with van der Waals surface area (Å²) in [5.74, 6) is 0. The average molecular weight is 278 g/mol. The lowest BCUT2D eigenvalue weighted by Gasteiger charge is -2.03. The molecule has 2 nitrogen and oxygen atoms in total. The number of rotatable bonds is 3. The largest absolute Gasteiger partial charge is 0.298 e.